The van der Waals surface area contributed by atoms with E-state index >= 15 is 0 Å². The Labute approximate surface area is 196 Å². The van der Waals surface area contributed by atoms with E-state index in [9.17, 15) is 22.4 Å². The van der Waals surface area contributed by atoms with E-state index < -0.39 is 23.9 Å². The number of fused-ring (bicyclic) bond motifs is 2. The third kappa shape index (κ3) is 4.30. The molecule has 0 aliphatic heterocycles. The normalized spacial score (nSPS) is 12.8. The molecule has 1 unspecified atom stereocenters. The largest absolute Gasteiger partial charge is 0.412 e. The zero-order chi connectivity index (χ0) is 24.7. The SMILES string of the molecule is NC(=O)Cn1ccc2cccc(NC(c3ccc4c(cnn4-c4ccc(F)cc4)c3)C(F)(F)F)c21. The van der Waals surface area contributed by atoms with Crippen molar-refractivity contribution in [2.75, 3.05) is 5.32 Å². The molecule has 35 heavy (non-hydrogen) atoms. The number of alkyl halides is 3. The molecule has 3 N–H and O–H groups in total. The van der Waals surface area contributed by atoms with Gasteiger partial charge in [-0.3, -0.25) is 4.79 Å². The van der Waals surface area contributed by atoms with Gasteiger partial charge in [0.1, 0.15) is 18.4 Å². The molecule has 0 fully saturated rings. The second kappa shape index (κ2) is 8.46. The Kier molecular flexibility index (Phi) is 5.43. The predicted octanol–water partition coefficient (Wildman–Crippen LogP) is 5.32. The number of nitrogens with one attached hydrogen (secondary N) is 1. The van der Waals surface area contributed by atoms with Crippen LogP contribution in [0.25, 0.3) is 27.5 Å². The van der Waals surface area contributed by atoms with Crippen LogP contribution in [0.3, 0.4) is 0 Å². The summed E-state index contributed by atoms with van der Waals surface area (Å²) in [5.74, 6) is -1.00. The van der Waals surface area contributed by atoms with Crippen LogP contribution in [0.2, 0.25) is 0 Å². The van der Waals surface area contributed by atoms with E-state index in [4.69, 9.17) is 5.73 Å². The fourth-order valence-corrected chi connectivity index (χ4v) is 4.21. The van der Waals surface area contributed by atoms with Crippen molar-refractivity contribution in [3.8, 4) is 5.69 Å². The number of nitrogens with zero attached hydrogens (tertiary/aromatic N) is 3. The van der Waals surface area contributed by atoms with Crippen molar-refractivity contribution in [2.45, 2.75) is 18.8 Å². The highest BCUT2D eigenvalue weighted by Gasteiger charge is 2.41. The summed E-state index contributed by atoms with van der Waals surface area (Å²) in [6.07, 6.45) is -1.54. The molecule has 0 spiro atoms. The van der Waals surface area contributed by atoms with Gasteiger partial charge < -0.3 is 15.6 Å². The topological polar surface area (TPSA) is 77.9 Å². The summed E-state index contributed by atoms with van der Waals surface area (Å²) in [6.45, 7) is -0.159. The number of carbonyl (C=O) groups is 1. The van der Waals surface area contributed by atoms with E-state index in [2.05, 4.69) is 10.4 Å². The van der Waals surface area contributed by atoms with Crippen LogP contribution in [0.4, 0.5) is 23.2 Å². The van der Waals surface area contributed by atoms with Crippen LogP contribution >= 0.6 is 0 Å². The van der Waals surface area contributed by atoms with Crippen LogP contribution in [0, 0.1) is 5.82 Å². The maximum absolute atomic E-state index is 14.2. The first-order valence-electron chi connectivity index (χ1n) is 10.6. The molecule has 6 nitrogen and oxygen atoms in total. The zero-order valence-electron chi connectivity index (χ0n) is 18.1. The van der Waals surface area contributed by atoms with Crippen LogP contribution in [-0.2, 0) is 11.3 Å². The number of halogens is 4. The van der Waals surface area contributed by atoms with Crippen LogP contribution in [0.5, 0.6) is 0 Å². The number of benzene rings is 3. The predicted molar refractivity (Wildman–Crippen MR) is 125 cm³/mol. The highest BCUT2D eigenvalue weighted by molar-refractivity contribution is 5.93. The number of amides is 1. The average Bonchev–Trinajstić information content (AvgIpc) is 3.41. The molecule has 5 rings (SSSR count). The van der Waals surface area contributed by atoms with E-state index in [1.54, 1.807) is 30.5 Å². The van der Waals surface area contributed by atoms with E-state index in [1.165, 1.54) is 57.9 Å². The maximum atomic E-state index is 14.2. The van der Waals surface area contributed by atoms with Gasteiger partial charge in [0.05, 0.1) is 28.6 Å². The Morgan fingerprint density at radius 2 is 1.80 bits per heavy atom. The molecule has 2 heterocycles. The molecular formula is C25H19F4N5O. The van der Waals surface area contributed by atoms with E-state index in [1.807, 2.05) is 0 Å². The fourth-order valence-electron chi connectivity index (χ4n) is 4.21. The third-order valence-corrected chi connectivity index (χ3v) is 5.74. The monoisotopic (exact) mass is 481 g/mol. The molecule has 0 saturated heterocycles. The quantitative estimate of drug-likeness (QED) is 0.322. The molecule has 0 aliphatic carbocycles. The Hall–Kier alpha value is -4.34. The van der Waals surface area contributed by atoms with Gasteiger partial charge in [0.2, 0.25) is 5.91 Å². The molecule has 10 heteroatoms. The highest BCUT2D eigenvalue weighted by atomic mass is 19.4. The third-order valence-electron chi connectivity index (χ3n) is 5.74. The summed E-state index contributed by atoms with van der Waals surface area (Å²) in [6, 6.07) is 14.6. The van der Waals surface area contributed by atoms with Crippen molar-refractivity contribution >= 4 is 33.4 Å². The van der Waals surface area contributed by atoms with Crippen molar-refractivity contribution in [3.63, 3.8) is 0 Å². The fraction of sp³-hybridized carbons (Fsp3) is 0.120. The summed E-state index contributed by atoms with van der Waals surface area (Å²) >= 11 is 0. The molecule has 0 aliphatic rings. The van der Waals surface area contributed by atoms with Gasteiger partial charge in [-0.15, -0.1) is 0 Å². The molecule has 0 saturated carbocycles. The lowest BCUT2D eigenvalue weighted by molar-refractivity contribution is -0.144. The van der Waals surface area contributed by atoms with E-state index in [0.717, 1.165) is 0 Å². The number of para-hydroxylation sites is 1. The van der Waals surface area contributed by atoms with Gasteiger partial charge in [-0.05, 0) is 54.1 Å². The molecule has 3 aromatic carbocycles. The number of hydrogen-bond donors (Lipinski definition) is 2. The van der Waals surface area contributed by atoms with Gasteiger partial charge in [-0.25, -0.2) is 9.07 Å². The van der Waals surface area contributed by atoms with Crippen LogP contribution in [0.15, 0.2) is 79.1 Å². The first-order chi connectivity index (χ1) is 16.7. The molecule has 1 atom stereocenters. The van der Waals surface area contributed by atoms with Crippen LogP contribution in [0.1, 0.15) is 11.6 Å². The molecule has 5 aromatic rings. The average molecular weight is 481 g/mol. The minimum absolute atomic E-state index is 0.00586. The Bertz CT molecular complexity index is 1540. The summed E-state index contributed by atoms with van der Waals surface area (Å²) < 4.78 is 59.0. The summed E-state index contributed by atoms with van der Waals surface area (Å²) in [5, 5.41) is 8.05. The lowest BCUT2D eigenvalue weighted by atomic mass is 10.0. The van der Waals surface area contributed by atoms with E-state index in [0.29, 0.717) is 27.5 Å². The lowest BCUT2D eigenvalue weighted by Crippen LogP contribution is -2.28. The minimum atomic E-state index is -4.62. The Morgan fingerprint density at radius 1 is 1.03 bits per heavy atom. The minimum Gasteiger partial charge on any atom is -0.369 e. The summed E-state index contributed by atoms with van der Waals surface area (Å²) in [4.78, 5) is 11.4. The van der Waals surface area contributed by atoms with Crippen molar-refractivity contribution in [1.82, 2.24) is 14.3 Å². The van der Waals surface area contributed by atoms with Crippen molar-refractivity contribution in [1.29, 1.82) is 0 Å². The van der Waals surface area contributed by atoms with Crippen molar-refractivity contribution in [3.05, 3.63) is 90.5 Å². The van der Waals surface area contributed by atoms with Crippen molar-refractivity contribution in [2.24, 2.45) is 5.73 Å². The van der Waals surface area contributed by atoms with Gasteiger partial charge in [0, 0.05) is 17.0 Å². The molecule has 2 aromatic heterocycles. The van der Waals surface area contributed by atoms with Crippen LogP contribution < -0.4 is 11.1 Å². The zero-order valence-corrected chi connectivity index (χ0v) is 18.1. The van der Waals surface area contributed by atoms with Crippen molar-refractivity contribution < 1.29 is 22.4 Å². The Morgan fingerprint density at radius 3 is 2.51 bits per heavy atom. The first-order valence-corrected chi connectivity index (χ1v) is 10.6. The number of hydrogen-bond acceptors (Lipinski definition) is 3. The standard InChI is InChI=1S/C25H19F4N5O/c26-18-5-7-19(8-6-18)34-21-9-4-16(12-17(21)13-31-34)24(25(27,28)29)32-20-3-1-2-15-10-11-33(23(15)20)14-22(30)35/h1-13,24,32H,14H2,(H2,30,35). The van der Waals surface area contributed by atoms with Gasteiger partial charge in [0.25, 0.3) is 0 Å². The Balaban J connectivity index is 1.55. The van der Waals surface area contributed by atoms with Gasteiger partial charge in [-0.1, -0.05) is 18.2 Å². The molecular weight excluding hydrogens is 462 g/mol. The second-order valence-corrected chi connectivity index (χ2v) is 8.12. The van der Waals surface area contributed by atoms with Gasteiger partial charge >= 0.3 is 6.18 Å². The number of aromatic nitrogens is 3. The summed E-state index contributed by atoms with van der Waals surface area (Å²) in [5.41, 5.74) is 7.14. The van der Waals surface area contributed by atoms with E-state index in [-0.39, 0.29) is 17.8 Å². The van der Waals surface area contributed by atoms with Gasteiger partial charge in [-0.2, -0.15) is 18.3 Å². The lowest BCUT2D eigenvalue weighted by Gasteiger charge is -2.24. The highest BCUT2D eigenvalue weighted by Crippen LogP contribution is 2.38. The number of anilines is 1. The number of nitrogens with two attached hydrogens (primary N) is 1. The van der Waals surface area contributed by atoms with Gasteiger partial charge in [0.15, 0.2) is 0 Å². The maximum Gasteiger partial charge on any atom is 0.412 e. The molecule has 0 bridgehead atoms. The smallest absolute Gasteiger partial charge is 0.369 e. The number of primary amides is 1. The second-order valence-electron chi connectivity index (χ2n) is 8.12. The van der Waals surface area contributed by atoms with Crippen LogP contribution in [-0.4, -0.2) is 26.4 Å². The molecule has 1 amide bonds. The number of carbonyl (C=O) groups excluding carboxylic acids is 1. The number of rotatable bonds is 6. The summed E-state index contributed by atoms with van der Waals surface area (Å²) in [7, 11) is 0. The molecule has 0 radical (unpaired) electrons. The first kappa shape index (κ1) is 22.5. The molecule has 178 valence electrons.